The van der Waals surface area contributed by atoms with E-state index in [0.29, 0.717) is 25.6 Å². The summed E-state index contributed by atoms with van der Waals surface area (Å²) >= 11 is 0. The molecule has 0 aliphatic rings. The van der Waals surface area contributed by atoms with E-state index in [-0.39, 0.29) is 11.8 Å². The molecule has 0 bridgehead atoms. The van der Waals surface area contributed by atoms with E-state index in [2.05, 4.69) is 13.8 Å². The van der Waals surface area contributed by atoms with Crippen LogP contribution in [-0.4, -0.2) is 44.2 Å². The maximum absolute atomic E-state index is 12.1. The third kappa shape index (κ3) is 6.08. The van der Waals surface area contributed by atoms with Crippen molar-refractivity contribution in [1.29, 1.82) is 0 Å². The van der Waals surface area contributed by atoms with E-state index < -0.39 is 0 Å². The molecule has 0 fully saturated rings. The molecule has 0 rings (SSSR count). The van der Waals surface area contributed by atoms with Crippen molar-refractivity contribution in [2.24, 2.45) is 17.6 Å². The van der Waals surface area contributed by atoms with Gasteiger partial charge in [-0.2, -0.15) is 0 Å². The Morgan fingerprint density at radius 2 is 2.00 bits per heavy atom. The third-order valence-electron chi connectivity index (χ3n) is 2.48. The predicted molar refractivity (Wildman–Crippen MR) is 66.1 cm³/mol. The van der Waals surface area contributed by atoms with Crippen LogP contribution in [0.2, 0.25) is 0 Å². The highest BCUT2D eigenvalue weighted by Crippen LogP contribution is 2.08. The van der Waals surface area contributed by atoms with Gasteiger partial charge in [-0.25, -0.2) is 0 Å². The van der Waals surface area contributed by atoms with Crippen LogP contribution in [0.15, 0.2) is 0 Å². The van der Waals surface area contributed by atoms with Crippen LogP contribution in [0.5, 0.6) is 0 Å². The number of methoxy groups -OCH3 is 1. The normalized spacial score (nSPS) is 12.9. The lowest BCUT2D eigenvalue weighted by molar-refractivity contribution is -0.136. The number of nitrogens with zero attached hydrogens (tertiary/aromatic N) is 1. The fraction of sp³-hybridized carbons (Fsp3) is 0.917. The van der Waals surface area contributed by atoms with Crippen LogP contribution in [0.4, 0.5) is 0 Å². The zero-order valence-corrected chi connectivity index (χ0v) is 11.0. The van der Waals surface area contributed by atoms with Crippen molar-refractivity contribution in [2.45, 2.75) is 27.2 Å². The fourth-order valence-electron chi connectivity index (χ4n) is 1.62. The molecule has 0 saturated heterocycles. The molecule has 1 atom stereocenters. The number of amides is 1. The molecule has 1 amide bonds. The lowest BCUT2D eigenvalue weighted by Crippen LogP contribution is -2.40. The second kappa shape index (κ2) is 8.53. The van der Waals surface area contributed by atoms with Gasteiger partial charge >= 0.3 is 0 Å². The van der Waals surface area contributed by atoms with Crippen molar-refractivity contribution in [3.8, 4) is 0 Å². The SMILES string of the molecule is COCCN(CC(C)C)C(=O)C(C)CCN. The van der Waals surface area contributed by atoms with Gasteiger partial charge < -0.3 is 15.4 Å². The molecule has 0 aliphatic carbocycles. The summed E-state index contributed by atoms with van der Waals surface area (Å²) in [7, 11) is 1.65. The maximum atomic E-state index is 12.1. The summed E-state index contributed by atoms with van der Waals surface area (Å²) in [5, 5.41) is 0. The molecule has 4 heteroatoms. The Kier molecular flexibility index (Phi) is 8.21. The summed E-state index contributed by atoms with van der Waals surface area (Å²) in [6.07, 6.45) is 0.750. The standard InChI is InChI=1S/C12H26N2O2/c1-10(2)9-14(7-8-16-4)12(15)11(3)5-6-13/h10-11H,5-9,13H2,1-4H3. The number of hydrogen-bond donors (Lipinski definition) is 1. The number of nitrogens with two attached hydrogens (primary N) is 1. The average molecular weight is 230 g/mol. The second-order valence-corrected chi connectivity index (χ2v) is 4.65. The van der Waals surface area contributed by atoms with Crippen LogP contribution in [0, 0.1) is 11.8 Å². The van der Waals surface area contributed by atoms with Crippen molar-refractivity contribution in [1.82, 2.24) is 4.90 Å². The highest BCUT2D eigenvalue weighted by Gasteiger charge is 2.20. The Bertz CT molecular complexity index is 195. The van der Waals surface area contributed by atoms with Gasteiger partial charge in [0.15, 0.2) is 0 Å². The zero-order chi connectivity index (χ0) is 12.6. The second-order valence-electron chi connectivity index (χ2n) is 4.65. The molecule has 96 valence electrons. The smallest absolute Gasteiger partial charge is 0.225 e. The van der Waals surface area contributed by atoms with Crippen LogP contribution in [0.1, 0.15) is 27.2 Å². The first-order chi connectivity index (χ1) is 7.52. The Hall–Kier alpha value is -0.610. The first kappa shape index (κ1) is 15.4. The van der Waals surface area contributed by atoms with Gasteiger partial charge in [0, 0.05) is 26.1 Å². The molecule has 0 aromatic rings. The highest BCUT2D eigenvalue weighted by molar-refractivity contribution is 5.78. The molecule has 1 unspecified atom stereocenters. The predicted octanol–water partition coefficient (Wildman–Crippen LogP) is 1.10. The molecule has 0 heterocycles. The van der Waals surface area contributed by atoms with E-state index in [9.17, 15) is 4.79 Å². The average Bonchev–Trinajstić information content (AvgIpc) is 2.23. The molecular formula is C12H26N2O2. The molecule has 0 aliphatic heterocycles. The number of carbonyl (C=O) groups is 1. The van der Waals surface area contributed by atoms with E-state index in [4.69, 9.17) is 10.5 Å². The minimum absolute atomic E-state index is 0.0145. The minimum Gasteiger partial charge on any atom is -0.383 e. The third-order valence-corrected chi connectivity index (χ3v) is 2.48. The number of carbonyl (C=O) groups excluding carboxylic acids is 1. The minimum atomic E-state index is 0.0145. The molecule has 2 N–H and O–H groups in total. The lowest BCUT2D eigenvalue weighted by Gasteiger charge is -2.27. The van der Waals surface area contributed by atoms with E-state index >= 15 is 0 Å². The molecular weight excluding hydrogens is 204 g/mol. The summed E-state index contributed by atoms with van der Waals surface area (Å²) in [6, 6.07) is 0. The van der Waals surface area contributed by atoms with Gasteiger partial charge in [0.2, 0.25) is 5.91 Å². The van der Waals surface area contributed by atoms with Crippen LogP contribution >= 0.6 is 0 Å². The van der Waals surface area contributed by atoms with Gasteiger partial charge in [0.05, 0.1) is 6.61 Å². The topological polar surface area (TPSA) is 55.6 Å². The van der Waals surface area contributed by atoms with Crippen LogP contribution in [-0.2, 0) is 9.53 Å². The van der Waals surface area contributed by atoms with Crippen LogP contribution in [0.25, 0.3) is 0 Å². The monoisotopic (exact) mass is 230 g/mol. The lowest BCUT2D eigenvalue weighted by atomic mass is 10.1. The largest absolute Gasteiger partial charge is 0.383 e. The van der Waals surface area contributed by atoms with Crippen LogP contribution in [0.3, 0.4) is 0 Å². The van der Waals surface area contributed by atoms with Crippen molar-refractivity contribution >= 4 is 5.91 Å². The summed E-state index contributed by atoms with van der Waals surface area (Å²) in [5.74, 6) is 0.683. The fourth-order valence-corrected chi connectivity index (χ4v) is 1.62. The molecule has 0 saturated carbocycles. The summed E-state index contributed by atoms with van der Waals surface area (Å²) in [4.78, 5) is 14.0. The quantitative estimate of drug-likeness (QED) is 0.679. The van der Waals surface area contributed by atoms with Crippen molar-refractivity contribution in [3.63, 3.8) is 0 Å². The van der Waals surface area contributed by atoms with Gasteiger partial charge in [0.1, 0.15) is 0 Å². The van der Waals surface area contributed by atoms with Gasteiger partial charge in [0.25, 0.3) is 0 Å². The first-order valence-corrected chi connectivity index (χ1v) is 6.00. The number of ether oxygens (including phenoxy) is 1. The van der Waals surface area contributed by atoms with Crippen molar-refractivity contribution < 1.29 is 9.53 Å². The first-order valence-electron chi connectivity index (χ1n) is 6.00. The van der Waals surface area contributed by atoms with E-state index in [1.165, 1.54) is 0 Å². The van der Waals surface area contributed by atoms with E-state index in [1.807, 2.05) is 11.8 Å². The summed E-state index contributed by atoms with van der Waals surface area (Å²) < 4.78 is 5.03. The van der Waals surface area contributed by atoms with E-state index in [1.54, 1.807) is 7.11 Å². The molecule has 4 nitrogen and oxygen atoms in total. The van der Waals surface area contributed by atoms with E-state index in [0.717, 1.165) is 13.0 Å². The van der Waals surface area contributed by atoms with Crippen molar-refractivity contribution in [2.75, 3.05) is 33.4 Å². The Balaban J connectivity index is 4.29. The van der Waals surface area contributed by atoms with Crippen molar-refractivity contribution in [3.05, 3.63) is 0 Å². The number of hydrogen-bond acceptors (Lipinski definition) is 3. The maximum Gasteiger partial charge on any atom is 0.225 e. The Labute approximate surface area is 99.1 Å². The Morgan fingerprint density at radius 3 is 2.44 bits per heavy atom. The van der Waals surface area contributed by atoms with Gasteiger partial charge in [-0.3, -0.25) is 4.79 Å². The highest BCUT2D eigenvalue weighted by atomic mass is 16.5. The molecule has 16 heavy (non-hydrogen) atoms. The molecule has 0 aromatic carbocycles. The van der Waals surface area contributed by atoms with Gasteiger partial charge in [-0.05, 0) is 18.9 Å². The summed E-state index contributed by atoms with van der Waals surface area (Å²) in [5.41, 5.74) is 5.47. The van der Waals surface area contributed by atoms with Gasteiger partial charge in [-0.1, -0.05) is 20.8 Å². The number of rotatable bonds is 8. The molecule has 0 radical (unpaired) electrons. The van der Waals surface area contributed by atoms with Crippen LogP contribution < -0.4 is 5.73 Å². The van der Waals surface area contributed by atoms with Gasteiger partial charge in [-0.15, -0.1) is 0 Å². The molecule has 0 aromatic heterocycles. The molecule has 0 spiro atoms. The Morgan fingerprint density at radius 1 is 1.38 bits per heavy atom. The summed E-state index contributed by atoms with van der Waals surface area (Å²) in [6.45, 7) is 8.77. The zero-order valence-electron chi connectivity index (χ0n) is 11.0.